The van der Waals surface area contributed by atoms with Crippen molar-refractivity contribution in [1.82, 2.24) is 9.62 Å². The summed E-state index contributed by atoms with van der Waals surface area (Å²) in [6.45, 7) is -0.614. The summed E-state index contributed by atoms with van der Waals surface area (Å²) >= 11 is 5.86. The molecule has 3 rings (SSSR count). The van der Waals surface area contributed by atoms with Gasteiger partial charge in [-0.25, -0.2) is 26.3 Å². The molecule has 0 spiro atoms. The topological polar surface area (TPSA) is 97.0 Å². The molecule has 1 aliphatic rings. The quantitative estimate of drug-likeness (QED) is 0.281. The Labute approximate surface area is 210 Å². The highest BCUT2D eigenvalue weighted by Gasteiger charge is 2.42. The number of hydrogen-bond donors (Lipinski definition) is 2. The molecule has 0 radical (unpaired) electrons. The number of ether oxygens (including phenoxy) is 2. The molecule has 1 fully saturated rings. The van der Waals surface area contributed by atoms with Gasteiger partial charge in [0.25, 0.3) is 0 Å². The van der Waals surface area contributed by atoms with Crippen LogP contribution in [0.25, 0.3) is 0 Å². The van der Waals surface area contributed by atoms with Gasteiger partial charge in [-0.05, 0) is 18.6 Å². The Bertz CT molecular complexity index is 1310. The third-order valence-corrected chi connectivity index (χ3v) is 6.91. The molecule has 37 heavy (non-hydrogen) atoms. The number of likely N-dealkylation sites (tertiary alicyclic amines) is 1. The number of anilines is 1. The highest BCUT2D eigenvalue weighted by molar-refractivity contribution is 7.89. The van der Waals surface area contributed by atoms with Gasteiger partial charge in [0, 0.05) is 30.2 Å². The number of methoxy groups -OCH3 is 1. The largest absolute Gasteiger partial charge is 0.573 e. The summed E-state index contributed by atoms with van der Waals surface area (Å²) in [5.41, 5.74) is 0.421. The van der Waals surface area contributed by atoms with Crippen LogP contribution in [0.15, 0.2) is 23.1 Å². The molecule has 1 saturated heterocycles. The average Bonchev–Trinajstić information content (AvgIpc) is 3.26. The molecule has 1 aliphatic heterocycles. The number of carbonyl (C=O) groups is 1. The van der Waals surface area contributed by atoms with Crippen LogP contribution in [-0.2, 0) is 14.8 Å². The lowest BCUT2D eigenvalue weighted by Gasteiger charge is -2.20. The van der Waals surface area contributed by atoms with E-state index in [0.29, 0.717) is 16.5 Å². The minimum absolute atomic E-state index is 0.0218. The summed E-state index contributed by atoms with van der Waals surface area (Å²) in [5, 5.41) is 3.19. The summed E-state index contributed by atoms with van der Waals surface area (Å²) in [6.07, 6.45) is -5.85. The molecule has 204 valence electrons. The van der Waals surface area contributed by atoms with Crippen molar-refractivity contribution >= 4 is 33.2 Å². The van der Waals surface area contributed by atoms with E-state index in [9.17, 15) is 43.9 Å². The van der Waals surface area contributed by atoms with Gasteiger partial charge in [0.1, 0.15) is 5.75 Å². The van der Waals surface area contributed by atoms with E-state index in [-0.39, 0.29) is 26.1 Å². The first-order chi connectivity index (χ1) is 17.1. The number of rotatable bonds is 8. The third-order valence-electron chi connectivity index (χ3n) is 5.13. The Morgan fingerprint density at radius 3 is 2.41 bits per heavy atom. The Kier molecular flexibility index (Phi) is 8.34. The maximum absolute atomic E-state index is 14.3. The zero-order chi connectivity index (χ0) is 27.7. The molecule has 17 heteroatoms. The molecule has 1 amide bonds. The number of benzene rings is 2. The molecule has 2 aromatic rings. The van der Waals surface area contributed by atoms with E-state index in [1.807, 2.05) is 0 Å². The van der Waals surface area contributed by atoms with E-state index in [2.05, 4.69) is 10.1 Å². The fourth-order valence-electron chi connectivity index (χ4n) is 3.49. The van der Waals surface area contributed by atoms with E-state index in [1.54, 1.807) is 10.8 Å². The van der Waals surface area contributed by atoms with Crippen LogP contribution in [0.4, 0.5) is 36.4 Å². The Hall–Kier alpha value is -2.98. The second kappa shape index (κ2) is 10.8. The Morgan fingerprint density at radius 1 is 1.14 bits per heavy atom. The van der Waals surface area contributed by atoms with Gasteiger partial charge in [0.2, 0.25) is 27.6 Å². The number of alkyl halides is 3. The van der Waals surface area contributed by atoms with Crippen molar-refractivity contribution < 1.29 is 53.4 Å². The highest BCUT2D eigenvalue weighted by Crippen LogP contribution is 2.37. The lowest BCUT2D eigenvalue weighted by molar-refractivity contribution is -0.276. The van der Waals surface area contributed by atoms with Gasteiger partial charge in [-0.1, -0.05) is 11.6 Å². The third kappa shape index (κ3) is 6.48. The predicted molar refractivity (Wildman–Crippen MR) is 115 cm³/mol. The zero-order valence-electron chi connectivity index (χ0n) is 18.6. The molecule has 0 aliphatic carbocycles. The molecule has 0 bridgehead atoms. The van der Waals surface area contributed by atoms with Gasteiger partial charge >= 0.3 is 6.36 Å². The maximum Gasteiger partial charge on any atom is 0.573 e. The minimum Gasteiger partial charge on any atom is -0.495 e. The summed E-state index contributed by atoms with van der Waals surface area (Å²) in [4.78, 5) is 11.5. The van der Waals surface area contributed by atoms with Gasteiger partial charge in [0.05, 0.1) is 19.3 Å². The molecule has 0 saturated carbocycles. The minimum atomic E-state index is -5.77. The number of nitrogens with zero attached hydrogens (tertiary/aromatic N) is 1. The Balaban J connectivity index is 1.75. The molecular formula is C20H17ClF7N3O5S. The predicted octanol–water partition coefficient (Wildman–Crippen LogP) is 3.79. The van der Waals surface area contributed by atoms with E-state index >= 15 is 0 Å². The zero-order valence-corrected chi connectivity index (χ0v) is 20.1. The fourth-order valence-corrected chi connectivity index (χ4v) is 5.11. The van der Waals surface area contributed by atoms with Crippen molar-refractivity contribution in [1.29, 1.82) is 0 Å². The number of carbonyl (C=O) groups excluding carboxylic acids is 1. The number of nitrogens with one attached hydrogen (secondary N) is 2. The van der Waals surface area contributed by atoms with Crippen LogP contribution in [0.1, 0.15) is 6.42 Å². The monoisotopic (exact) mass is 579 g/mol. The van der Waals surface area contributed by atoms with Crippen LogP contribution in [0.5, 0.6) is 11.5 Å². The van der Waals surface area contributed by atoms with Crippen molar-refractivity contribution in [2.45, 2.75) is 23.7 Å². The lowest BCUT2D eigenvalue weighted by Crippen LogP contribution is -2.40. The van der Waals surface area contributed by atoms with Crippen molar-refractivity contribution in [2.24, 2.45) is 0 Å². The number of sulfonamides is 1. The summed E-state index contributed by atoms with van der Waals surface area (Å²) in [7, 11) is -4.06. The second-order valence-corrected chi connectivity index (χ2v) is 9.69. The lowest BCUT2D eigenvalue weighted by atomic mass is 10.3. The Morgan fingerprint density at radius 2 is 1.78 bits per heavy atom. The number of amides is 1. The first-order valence-corrected chi connectivity index (χ1v) is 12.0. The molecule has 8 nitrogen and oxygen atoms in total. The van der Waals surface area contributed by atoms with Crippen LogP contribution in [0.3, 0.4) is 0 Å². The number of hydrogen-bond acceptors (Lipinski definition) is 6. The first-order valence-electron chi connectivity index (χ1n) is 10.1. The molecule has 2 aromatic carbocycles. The van der Waals surface area contributed by atoms with Gasteiger partial charge in [0.15, 0.2) is 22.3 Å². The summed E-state index contributed by atoms with van der Waals surface area (Å²) < 4.78 is 129. The smallest absolute Gasteiger partial charge is 0.495 e. The van der Waals surface area contributed by atoms with Gasteiger partial charge in [-0.3, -0.25) is 4.79 Å². The summed E-state index contributed by atoms with van der Waals surface area (Å²) in [6, 6.07) is 3.39. The molecule has 0 unspecified atom stereocenters. The molecule has 1 atom stereocenters. The van der Waals surface area contributed by atoms with Gasteiger partial charge in [-0.2, -0.15) is 4.39 Å². The first kappa shape index (κ1) is 28.6. The van der Waals surface area contributed by atoms with E-state index < -0.39 is 62.2 Å². The van der Waals surface area contributed by atoms with Crippen LogP contribution in [0, 0.1) is 23.3 Å². The van der Waals surface area contributed by atoms with Crippen LogP contribution >= 0.6 is 11.6 Å². The van der Waals surface area contributed by atoms with Crippen LogP contribution in [0.2, 0.25) is 5.02 Å². The van der Waals surface area contributed by atoms with Gasteiger partial charge in [-0.15, -0.1) is 13.2 Å². The molecule has 2 N–H and O–H groups in total. The molecular weight excluding hydrogens is 563 g/mol. The normalized spacial score (nSPS) is 16.1. The maximum atomic E-state index is 14.3. The number of halogens is 8. The SMILES string of the molecule is COc1cc(Cl)ccc1NCC(=O)N1CC[C@H](NS(=O)(=O)c2c(F)c(F)c(F)c(F)c2OC(F)(F)F)C1. The van der Waals surface area contributed by atoms with Crippen molar-refractivity contribution in [3.63, 3.8) is 0 Å². The standard InChI is InChI=1S/C20H17ClF7N3O5S/c1-35-12-6-9(21)2-3-11(12)29-7-13(32)31-5-4-10(8-31)30-37(33,34)19-17(25)15(23)14(22)16(24)18(19)36-20(26,27)28/h2-3,6,10,29-30H,4-5,7-8H2,1H3/t10-/m0/s1. The van der Waals surface area contributed by atoms with E-state index in [1.165, 1.54) is 24.1 Å². The molecule has 1 heterocycles. The van der Waals surface area contributed by atoms with E-state index in [0.717, 1.165) is 0 Å². The highest BCUT2D eigenvalue weighted by atomic mass is 35.5. The average molecular weight is 580 g/mol. The fraction of sp³-hybridized carbons (Fsp3) is 0.350. The van der Waals surface area contributed by atoms with Crippen LogP contribution in [-0.4, -0.2) is 58.4 Å². The van der Waals surface area contributed by atoms with Crippen molar-refractivity contribution in [3.8, 4) is 11.5 Å². The van der Waals surface area contributed by atoms with E-state index in [4.69, 9.17) is 16.3 Å². The van der Waals surface area contributed by atoms with Crippen molar-refractivity contribution in [3.05, 3.63) is 46.5 Å². The van der Waals surface area contributed by atoms with Crippen molar-refractivity contribution in [2.75, 3.05) is 32.1 Å². The van der Waals surface area contributed by atoms with Gasteiger partial charge < -0.3 is 19.7 Å². The summed E-state index contributed by atoms with van der Waals surface area (Å²) in [5.74, 6) is -13.2. The second-order valence-electron chi connectivity index (χ2n) is 7.61. The van der Waals surface area contributed by atoms with Crippen LogP contribution < -0.4 is 19.5 Å². The molecule has 0 aromatic heterocycles.